The molecule has 0 spiro atoms. The normalized spacial score (nSPS) is 12.8. The van der Waals surface area contributed by atoms with Gasteiger partial charge in [-0.25, -0.2) is 8.42 Å². The number of hydrogen-bond donors (Lipinski definition) is 2. The van der Waals surface area contributed by atoms with Crippen molar-refractivity contribution in [2.45, 2.75) is 29.7 Å². The molecule has 5 nitrogen and oxygen atoms in total. The van der Waals surface area contributed by atoms with Crippen LogP contribution in [0.2, 0.25) is 0 Å². The van der Waals surface area contributed by atoms with Gasteiger partial charge < -0.3 is 5.32 Å². The molecule has 140 valence electrons. The van der Waals surface area contributed by atoms with E-state index in [9.17, 15) is 13.2 Å². The van der Waals surface area contributed by atoms with Crippen LogP contribution in [0.4, 0.5) is 5.69 Å². The second-order valence-corrected chi connectivity index (χ2v) is 9.52. The summed E-state index contributed by atoms with van der Waals surface area (Å²) in [6, 6.07) is 12.8. The molecule has 0 saturated heterocycles. The number of halogens is 1. The quantitative estimate of drug-likeness (QED) is 0.614. The average molecular weight is 457 g/mol. The van der Waals surface area contributed by atoms with E-state index in [1.807, 2.05) is 18.4 Å². The molecule has 26 heavy (non-hydrogen) atoms. The van der Waals surface area contributed by atoms with E-state index in [4.69, 9.17) is 0 Å². The molecule has 2 aromatic rings. The number of thioether (sulfide) groups is 1. The smallest absolute Gasteiger partial charge is 0.242 e. The van der Waals surface area contributed by atoms with Crippen molar-refractivity contribution in [2.75, 3.05) is 11.6 Å². The highest BCUT2D eigenvalue weighted by Crippen LogP contribution is 2.19. The lowest BCUT2D eigenvalue weighted by Crippen LogP contribution is -2.47. The van der Waals surface area contributed by atoms with Crippen molar-refractivity contribution in [1.29, 1.82) is 0 Å². The third-order valence-electron chi connectivity index (χ3n) is 3.71. The fourth-order valence-corrected chi connectivity index (χ4v) is 4.25. The Hall–Kier alpha value is -1.35. The van der Waals surface area contributed by atoms with Gasteiger partial charge in [0.2, 0.25) is 15.9 Å². The Morgan fingerprint density at radius 1 is 1.04 bits per heavy atom. The van der Waals surface area contributed by atoms with Crippen molar-refractivity contribution >= 4 is 49.3 Å². The van der Waals surface area contributed by atoms with Gasteiger partial charge in [-0.2, -0.15) is 4.72 Å². The number of rotatable bonds is 7. The van der Waals surface area contributed by atoms with E-state index in [-0.39, 0.29) is 10.8 Å². The molecular weight excluding hydrogens is 436 g/mol. The van der Waals surface area contributed by atoms with E-state index < -0.39 is 22.0 Å². The molecule has 2 aromatic carbocycles. The van der Waals surface area contributed by atoms with Gasteiger partial charge in [0.25, 0.3) is 0 Å². The minimum Gasteiger partial charge on any atom is -0.325 e. The number of benzene rings is 2. The van der Waals surface area contributed by atoms with Crippen LogP contribution in [-0.4, -0.2) is 26.6 Å². The monoisotopic (exact) mass is 456 g/mol. The first-order valence-corrected chi connectivity index (χ1v) is 11.5. The van der Waals surface area contributed by atoms with Gasteiger partial charge in [-0.1, -0.05) is 29.8 Å². The van der Waals surface area contributed by atoms with E-state index in [1.165, 1.54) is 12.1 Å². The molecule has 0 fully saturated rings. The Kier molecular flexibility index (Phi) is 7.28. The van der Waals surface area contributed by atoms with Crippen LogP contribution in [-0.2, 0) is 14.8 Å². The van der Waals surface area contributed by atoms with E-state index in [0.717, 1.165) is 9.37 Å². The molecule has 1 atom stereocenters. The van der Waals surface area contributed by atoms with E-state index in [1.54, 1.807) is 49.9 Å². The van der Waals surface area contributed by atoms with Gasteiger partial charge in [-0.3, -0.25) is 4.79 Å². The van der Waals surface area contributed by atoms with Crippen LogP contribution in [0.1, 0.15) is 13.8 Å². The largest absolute Gasteiger partial charge is 0.325 e. The lowest BCUT2D eigenvalue weighted by Gasteiger charge is -2.21. The SMILES string of the molecule is CSc1ccc(NC(=O)[C@@H](NS(=O)(=O)c2ccc(Br)cc2)C(C)C)cc1. The van der Waals surface area contributed by atoms with Gasteiger partial charge in [0, 0.05) is 15.1 Å². The Morgan fingerprint density at radius 2 is 1.62 bits per heavy atom. The fourth-order valence-electron chi connectivity index (χ4n) is 2.24. The van der Waals surface area contributed by atoms with Gasteiger partial charge in [0.15, 0.2) is 0 Å². The zero-order valence-corrected chi connectivity index (χ0v) is 17.9. The maximum absolute atomic E-state index is 12.6. The topological polar surface area (TPSA) is 75.3 Å². The van der Waals surface area contributed by atoms with Crippen molar-refractivity contribution in [3.63, 3.8) is 0 Å². The number of sulfonamides is 1. The Morgan fingerprint density at radius 3 is 2.12 bits per heavy atom. The zero-order chi connectivity index (χ0) is 19.3. The average Bonchev–Trinajstić information content (AvgIpc) is 2.60. The number of carbonyl (C=O) groups excluding carboxylic acids is 1. The summed E-state index contributed by atoms with van der Waals surface area (Å²) in [6.45, 7) is 3.59. The summed E-state index contributed by atoms with van der Waals surface area (Å²) in [5.74, 6) is -0.608. The second-order valence-electron chi connectivity index (χ2n) is 6.01. The standard InChI is InChI=1S/C18H21BrN2O3S2/c1-12(2)17(18(22)20-14-6-8-15(25-3)9-7-14)21-26(23,24)16-10-4-13(19)5-11-16/h4-12,17,21H,1-3H3,(H,20,22)/t17-/m0/s1. The number of carbonyl (C=O) groups is 1. The predicted octanol–water partition coefficient (Wildman–Crippen LogP) is 4.11. The summed E-state index contributed by atoms with van der Waals surface area (Å²) >= 11 is 4.88. The summed E-state index contributed by atoms with van der Waals surface area (Å²) in [7, 11) is -3.80. The van der Waals surface area contributed by atoms with E-state index >= 15 is 0 Å². The Labute approximate surface area is 167 Å². The van der Waals surface area contributed by atoms with E-state index in [2.05, 4.69) is 26.0 Å². The summed E-state index contributed by atoms with van der Waals surface area (Å²) in [5.41, 5.74) is 0.626. The molecule has 8 heteroatoms. The predicted molar refractivity (Wildman–Crippen MR) is 110 cm³/mol. The van der Waals surface area contributed by atoms with Crippen molar-refractivity contribution in [2.24, 2.45) is 5.92 Å². The summed E-state index contributed by atoms with van der Waals surface area (Å²) in [4.78, 5) is 13.8. The number of nitrogens with one attached hydrogen (secondary N) is 2. The molecule has 0 aromatic heterocycles. The molecule has 0 heterocycles. The Balaban J connectivity index is 2.16. The fraction of sp³-hybridized carbons (Fsp3) is 0.278. The van der Waals surface area contributed by atoms with Crippen LogP contribution < -0.4 is 10.0 Å². The van der Waals surface area contributed by atoms with Gasteiger partial charge in [0.05, 0.1) is 4.90 Å². The third-order valence-corrected chi connectivity index (χ3v) is 6.44. The molecule has 0 aliphatic rings. The van der Waals surface area contributed by atoms with Crippen molar-refractivity contribution in [3.8, 4) is 0 Å². The van der Waals surface area contributed by atoms with Gasteiger partial charge in [-0.05, 0) is 60.7 Å². The summed E-state index contributed by atoms with van der Waals surface area (Å²) in [5, 5.41) is 2.78. The van der Waals surface area contributed by atoms with Gasteiger partial charge >= 0.3 is 0 Å². The lowest BCUT2D eigenvalue weighted by molar-refractivity contribution is -0.118. The minimum atomic E-state index is -3.80. The maximum Gasteiger partial charge on any atom is 0.242 e. The third kappa shape index (κ3) is 5.57. The molecule has 2 rings (SSSR count). The van der Waals surface area contributed by atoms with Crippen molar-refractivity contribution in [1.82, 2.24) is 4.72 Å². The van der Waals surface area contributed by atoms with Crippen molar-refractivity contribution in [3.05, 3.63) is 53.0 Å². The number of hydrogen-bond acceptors (Lipinski definition) is 4. The molecule has 2 N–H and O–H groups in total. The van der Waals surface area contributed by atoms with Crippen molar-refractivity contribution < 1.29 is 13.2 Å². The molecule has 0 unspecified atom stereocenters. The molecule has 0 saturated carbocycles. The summed E-state index contributed by atoms with van der Waals surface area (Å²) in [6.07, 6.45) is 1.97. The zero-order valence-electron chi connectivity index (χ0n) is 14.7. The maximum atomic E-state index is 12.6. The minimum absolute atomic E-state index is 0.114. The Bertz CT molecular complexity index is 851. The first-order valence-electron chi connectivity index (χ1n) is 7.96. The highest BCUT2D eigenvalue weighted by atomic mass is 79.9. The first kappa shape index (κ1) is 21.0. The molecule has 0 radical (unpaired) electrons. The number of anilines is 1. The van der Waals surface area contributed by atoms with Crippen LogP contribution >= 0.6 is 27.7 Å². The van der Waals surface area contributed by atoms with Gasteiger partial charge in [0.1, 0.15) is 6.04 Å². The van der Waals surface area contributed by atoms with Crippen LogP contribution in [0.5, 0.6) is 0 Å². The molecule has 0 aliphatic carbocycles. The molecule has 0 aliphatic heterocycles. The van der Waals surface area contributed by atoms with Crippen LogP contribution in [0.25, 0.3) is 0 Å². The van der Waals surface area contributed by atoms with Gasteiger partial charge in [-0.15, -0.1) is 11.8 Å². The highest BCUT2D eigenvalue weighted by molar-refractivity contribution is 9.10. The summed E-state index contributed by atoms with van der Waals surface area (Å²) < 4.78 is 28.5. The van der Waals surface area contributed by atoms with Crippen LogP contribution in [0, 0.1) is 5.92 Å². The van der Waals surface area contributed by atoms with Crippen LogP contribution in [0.3, 0.4) is 0 Å². The second kappa shape index (κ2) is 9.03. The lowest BCUT2D eigenvalue weighted by atomic mass is 10.0. The molecule has 1 amide bonds. The first-order chi connectivity index (χ1) is 12.2. The highest BCUT2D eigenvalue weighted by Gasteiger charge is 2.28. The number of amides is 1. The van der Waals surface area contributed by atoms with Crippen LogP contribution in [0.15, 0.2) is 62.8 Å². The van der Waals surface area contributed by atoms with E-state index in [0.29, 0.717) is 5.69 Å². The molecule has 0 bridgehead atoms. The molecular formula is C18H21BrN2O3S2.